The Morgan fingerprint density at radius 2 is 2.08 bits per heavy atom. The van der Waals surface area contributed by atoms with Crippen LogP contribution in [0.2, 0.25) is 5.02 Å². The van der Waals surface area contributed by atoms with Crippen LogP contribution >= 0.6 is 39.9 Å². The third-order valence-corrected chi connectivity index (χ3v) is 2.79. The van der Waals surface area contributed by atoms with Crippen molar-refractivity contribution in [2.45, 2.75) is 6.42 Å². The van der Waals surface area contributed by atoms with Gasteiger partial charge in [0, 0.05) is 4.47 Å². The first kappa shape index (κ1) is 13.2. The molecule has 0 fully saturated rings. The molecule has 0 saturated heterocycles. The van der Waals surface area contributed by atoms with E-state index in [4.69, 9.17) is 17.3 Å². The topological polar surface area (TPSA) is 26.0 Å². The molecule has 0 unspecified atom stereocenters. The van der Waals surface area contributed by atoms with Crippen molar-refractivity contribution < 1.29 is 4.39 Å². The summed E-state index contributed by atoms with van der Waals surface area (Å²) in [6.07, 6.45) is 0.513. The van der Waals surface area contributed by atoms with Crippen LogP contribution in [0.25, 0.3) is 0 Å². The third-order valence-electron chi connectivity index (χ3n) is 1.53. The van der Waals surface area contributed by atoms with E-state index in [1.807, 2.05) is 0 Å². The number of nitrogens with two attached hydrogens (primary N) is 1. The molecular formula is C8H9BrCl2FN. The monoisotopic (exact) mass is 287 g/mol. The molecule has 0 aliphatic heterocycles. The summed E-state index contributed by atoms with van der Waals surface area (Å²) in [5, 5.41) is 0.126. The van der Waals surface area contributed by atoms with Gasteiger partial charge >= 0.3 is 0 Å². The van der Waals surface area contributed by atoms with E-state index in [-0.39, 0.29) is 23.2 Å². The molecule has 74 valence electrons. The van der Waals surface area contributed by atoms with Crippen molar-refractivity contribution in [2.75, 3.05) is 6.54 Å². The largest absolute Gasteiger partial charge is 0.330 e. The number of hydrogen-bond donors (Lipinski definition) is 1. The zero-order valence-electron chi connectivity index (χ0n) is 6.69. The molecule has 1 aromatic carbocycles. The number of halogens is 4. The van der Waals surface area contributed by atoms with Gasteiger partial charge in [-0.3, -0.25) is 0 Å². The molecule has 0 aliphatic carbocycles. The highest BCUT2D eigenvalue weighted by atomic mass is 79.9. The average Bonchev–Trinajstić information content (AvgIpc) is 2.07. The van der Waals surface area contributed by atoms with Gasteiger partial charge < -0.3 is 5.73 Å². The summed E-state index contributed by atoms with van der Waals surface area (Å²) in [6.45, 7) is 0.425. The molecule has 0 heterocycles. The van der Waals surface area contributed by atoms with Gasteiger partial charge in [-0.05, 0) is 40.5 Å². The first-order chi connectivity index (χ1) is 5.66. The normalized spacial score (nSPS) is 9.54. The summed E-state index contributed by atoms with van der Waals surface area (Å²) in [6, 6.07) is 3.40. The highest BCUT2D eigenvalue weighted by Gasteiger charge is 2.08. The van der Waals surface area contributed by atoms with Gasteiger partial charge in [0.2, 0.25) is 0 Å². The molecule has 13 heavy (non-hydrogen) atoms. The Labute approximate surface area is 96.0 Å². The van der Waals surface area contributed by atoms with Gasteiger partial charge in [0.05, 0.1) is 5.02 Å². The molecule has 1 aromatic rings. The second-order valence-electron chi connectivity index (χ2n) is 2.37. The average molecular weight is 289 g/mol. The van der Waals surface area contributed by atoms with Crippen LogP contribution in [-0.2, 0) is 6.42 Å². The maximum absolute atomic E-state index is 13.2. The molecule has 2 N–H and O–H groups in total. The standard InChI is InChI=1S/C8H8BrClFN.ClH/c9-6-2-1-5(3-4-12)8(11)7(6)10;/h1-2H,3-4,12H2;1H. The molecule has 5 heteroatoms. The highest BCUT2D eigenvalue weighted by molar-refractivity contribution is 9.10. The van der Waals surface area contributed by atoms with E-state index in [0.29, 0.717) is 23.0 Å². The zero-order valence-corrected chi connectivity index (χ0v) is 9.85. The molecule has 0 spiro atoms. The first-order valence-corrected chi connectivity index (χ1v) is 4.66. The fraction of sp³-hybridized carbons (Fsp3) is 0.250. The molecule has 0 bridgehead atoms. The van der Waals surface area contributed by atoms with Crippen molar-refractivity contribution in [1.29, 1.82) is 0 Å². The SMILES string of the molecule is Cl.NCCc1ccc(Br)c(Cl)c1F. The van der Waals surface area contributed by atoms with E-state index in [9.17, 15) is 4.39 Å². The Morgan fingerprint density at radius 3 is 2.62 bits per heavy atom. The van der Waals surface area contributed by atoms with Gasteiger partial charge in [-0.2, -0.15) is 0 Å². The summed E-state index contributed by atoms with van der Waals surface area (Å²) in [5.41, 5.74) is 5.86. The fourth-order valence-corrected chi connectivity index (χ4v) is 1.41. The Bertz CT molecular complexity index is 294. The van der Waals surface area contributed by atoms with Crippen molar-refractivity contribution in [2.24, 2.45) is 5.73 Å². The van der Waals surface area contributed by atoms with Crippen LogP contribution in [0.4, 0.5) is 4.39 Å². The summed E-state index contributed by atoms with van der Waals surface area (Å²) >= 11 is 8.78. The molecule has 0 aromatic heterocycles. The Balaban J connectivity index is 0.00000144. The lowest BCUT2D eigenvalue weighted by Crippen LogP contribution is -2.04. The van der Waals surface area contributed by atoms with Crippen LogP contribution < -0.4 is 5.73 Å². The second-order valence-corrected chi connectivity index (χ2v) is 3.61. The highest BCUT2D eigenvalue weighted by Crippen LogP contribution is 2.27. The van der Waals surface area contributed by atoms with Gasteiger partial charge in [0.1, 0.15) is 5.82 Å². The van der Waals surface area contributed by atoms with Gasteiger partial charge in [-0.25, -0.2) is 4.39 Å². The quantitative estimate of drug-likeness (QED) is 0.831. The van der Waals surface area contributed by atoms with E-state index in [1.165, 1.54) is 0 Å². The van der Waals surface area contributed by atoms with Crippen LogP contribution in [0.5, 0.6) is 0 Å². The lowest BCUT2D eigenvalue weighted by atomic mass is 10.1. The van der Waals surface area contributed by atoms with E-state index < -0.39 is 0 Å². The van der Waals surface area contributed by atoms with Crippen molar-refractivity contribution >= 4 is 39.9 Å². The summed E-state index contributed by atoms with van der Waals surface area (Å²) < 4.78 is 13.8. The van der Waals surface area contributed by atoms with Gasteiger partial charge in [-0.15, -0.1) is 12.4 Å². The third kappa shape index (κ3) is 3.09. The fourth-order valence-electron chi connectivity index (χ4n) is 0.914. The number of benzene rings is 1. The molecule has 0 saturated carbocycles. The zero-order chi connectivity index (χ0) is 9.14. The molecule has 0 radical (unpaired) electrons. The maximum atomic E-state index is 13.2. The van der Waals surface area contributed by atoms with Gasteiger partial charge in [0.25, 0.3) is 0 Å². The lowest BCUT2D eigenvalue weighted by molar-refractivity contribution is 0.609. The van der Waals surface area contributed by atoms with Crippen LogP contribution in [-0.4, -0.2) is 6.54 Å². The molecular weight excluding hydrogens is 280 g/mol. The number of rotatable bonds is 2. The van der Waals surface area contributed by atoms with E-state index in [2.05, 4.69) is 15.9 Å². The van der Waals surface area contributed by atoms with Gasteiger partial charge in [0.15, 0.2) is 0 Å². The minimum absolute atomic E-state index is 0. The summed E-state index contributed by atoms with van der Waals surface area (Å²) in [4.78, 5) is 0. The molecule has 0 amide bonds. The van der Waals surface area contributed by atoms with Crippen LogP contribution in [0.1, 0.15) is 5.56 Å². The molecule has 0 aliphatic rings. The maximum Gasteiger partial charge on any atom is 0.146 e. The first-order valence-electron chi connectivity index (χ1n) is 3.49. The Hall–Kier alpha value is 0.170. The predicted molar refractivity (Wildman–Crippen MR) is 59.1 cm³/mol. The second kappa shape index (κ2) is 5.81. The van der Waals surface area contributed by atoms with Crippen LogP contribution in [0.15, 0.2) is 16.6 Å². The van der Waals surface area contributed by atoms with Gasteiger partial charge in [-0.1, -0.05) is 17.7 Å². The van der Waals surface area contributed by atoms with Crippen molar-refractivity contribution in [3.63, 3.8) is 0 Å². The van der Waals surface area contributed by atoms with Crippen LogP contribution in [0, 0.1) is 5.82 Å². The minimum atomic E-state index is -0.378. The number of hydrogen-bond acceptors (Lipinski definition) is 1. The smallest absolute Gasteiger partial charge is 0.146 e. The van der Waals surface area contributed by atoms with Crippen molar-refractivity contribution in [3.8, 4) is 0 Å². The predicted octanol–water partition coefficient (Wildman–Crippen LogP) is 3.16. The molecule has 1 rings (SSSR count). The van der Waals surface area contributed by atoms with Crippen LogP contribution in [0.3, 0.4) is 0 Å². The van der Waals surface area contributed by atoms with Crippen molar-refractivity contribution in [1.82, 2.24) is 0 Å². The van der Waals surface area contributed by atoms with E-state index in [0.717, 1.165) is 0 Å². The summed E-state index contributed by atoms with van der Waals surface area (Å²) in [5.74, 6) is -0.378. The Kier molecular flexibility index (Phi) is 5.88. The van der Waals surface area contributed by atoms with E-state index in [1.54, 1.807) is 12.1 Å². The lowest BCUT2D eigenvalue weighted by Gasteiger charge is -2.03. The molecule has 1 nitrogen and oxygen atoms in total. The Morgan fingerprint density at radius 1 is 1.46 bits per heavy atom. The molecule has 0 atom stereocenters. The summed E-state index contributed by atoms with van der Waals surface area (Å²) in [7, 11) is 0. The van der Waals surface area contributed by atoms with E-state index >= 15 is 0 Å². The minimum Gasteiger partial charge on any atom is -0.330 e. The van der Waals surface area contributed by atoms with Crippen molar-refractivity contribution in [3.05, 3.63) is 33.0 Å².